The molecule has 0 aliphatic heterocycles. The van der Waals surface area contributed by atoms with Gasteiger partial charge in [-0.05, 0) is 25.8 Å². The Balaban J connectivity index is 1.88. The van der Waals surface area contributed by atoms with Crippen LogP contribution in [0.25, 0.3) is 0 Å². The highest BCUT2D eigenvalue weighted by Crippen LogP contribution is 2.18. The Morgan fingerprint density at radius 1 is 1.50 bits per heavy atom. The molecule has 1 aliphatic carbocycles. The fourth-order valence-electron chi connectivity index (χ4n) is 1.53. The molecule has 6 nitrogen and oxygen atoms in total. The predicted molar refractivity (Wildman–Crippen MR) is 66.9 cm³/mol. The number of nitrogens with two attached hydrogens (primary N) is 1. The van der Waals surface area contributed by atoms with Gasteiger partial charge in [-0.2, -0.15) is 0 Å². The minimum atomic E-state index is -0.383. The third-order valence-electron chi connectivity index (χ3n) is 2.67. The Bertz CT molecular complexity index is 483. The van der Waals surface area contributed by atoms with E-state index in [-0.39, 0.29) is 18.4 Å². The van der Waals surface area contributed by atoms with Gasteiger partial charge in [0.15, 0.2) is 0 Å². The number of hydrogen-bond donors (Lipinski definition) is 3. The van der Waals surface area contributed by atoms with Crippen LogP contribution in [-0.2, 0) is 4.79 Å². The molecule has 0 aromatic carbocycles. The smallest absolute Gasteiger partial charge is 0.255 e. The molecular weight excluding hydrogens is 232 g/mol. The Labute approximate surface area is 105 Å². The minimum Gasteiger partial charge on any atom is -0.398 e. The number of rotatable bonds is 4. The number of aromatic nitrogens is 1. The lowest BCUT2D eigenvalue weighted by Crippen LogP contribution is -2.38. The van der Waals surface area contributed by atoms with Gasteiger partial charge in [0.25, 0.3) is 5.91 Å². The second-order valence-electron chi connectivity index (χ2n) is 4.44. The van der Waals surface area contributed by atoms with Gasteiger partial charge in [-0.3, -0.25) is 14.6 Å². The molecule has 1 heterocycles. The quantitative estimate of drug-likeness (QED) is 0.697. The Morgan fingerprint density at radius 2 is 2.22 bits per heavy atom. The Hall–Kier alpha value is -2.11. The van der Waals surface area contributed by atoms with Crippen molar-refractivity contribution in [3.05, 3.63) is 23.5 Å². The van der Waals surface area contributed by atoms with Crippen molar-refractivity contribution in [2.75, 3.05) is 12.3 Å². The number of amides is 2. The van der Waals surface area contributed by atoms with Crippen LogP contribution in [-0.4, -0.2) is 29.4 Å². The van der Waals surface area contributed by atoms with E-state index in [0.717, 1.165) is 18.5 Å². The average Bonchev–Trinajstić information content (AvgIpc) is 3.10. The van der Waals surface area contributed by atoms with Crippen molar-refractivity contribution in [3.63, 3.8) is 0 Å². The van der Waals surface area contributed by atoms with Gasteiger partial charge in [-0.15, -0.1) is 0 Å². The summed E-state index contributed by atoms with van der Waals surface area (Å²) in [5.41, 5.74) is 7.12. The fraction of sp³-hybridized carbons (Fsp3) is 0.417. The van der Waals surface area contributed by atoms with Gasteiger partial charge in [0, 0.05) is 23.6 Å². The SMILES string of the molecule is Cc1cc(N)c(C(=O)NCC(=O)NC2CC2)cn1. The first-order valence-corrected chi connectivity index (χ1v) is 5.86. The van der Waals surface area contributed by atoms with Gasteiger partial charge < -0.3 is 16.4 Å². The lowest BCUT2D eigenvalue weighted by molar-refractivity contribution is -0.120. The van der Waals surface area contributed by atoms with Crippen LogP contribution in [0.15, 0.2) is 12.3 Å². The van der Waals surface area contributed by atoms with Crippen LogP contribution in [0.5, 0.6) is 0 Å². The van der Waals surface area contributed by atoms with Gasteiger partial charge in [0.05, 0.1) is 12.1 Å². The molecular formula is C12H16N4O2. The molecule has 0 radical (unpaired) electrons. The molecule has 2 amide bonds. The van der Waals surface area contributed by atoms with E-state index in [4.69, 9.17) is 5.73 Å². The number of pyridine rings is 1. The van der Waals surface area contributed by atoms with Crippen LogP contribution in [0, 0.1) is 6.92 Å². The highest BCUT2D eigenvalue weighted by Gasteiger charge is 2.23. The van der Waals surface area contributed by atoms with Crippen molar-refractivity contribution >= 4 is 17.5 Å². The maximum atomic E-state index is 11.8. The third-order valence-corrected chi connectivity index (χ3v) is 2.67. The summed E-state index contributed by atoms with van der Waals surface area (Å²) in [6.07, 6.45) is 3.46. The zero-order valence-corrected chi connectivity index (χ0v) is 10.2. The molecule has 4 N–H and O–H groups in total. The highest BCUT2D eigenvalue weighted by atomic mass is 16.2. The topological polar surface area (TPSA) is 97.1 Å². The van der Waals surface area contributed by atoms with Gasteiger partial charge in [-0.1, -0.05) is 0 Å². The number of carbonyl (C=O) groups is 2. The summed E-state index contributed by atoms with van der Waals surface area (Å²) in [5, 5.41) is 5.31. The van der Waals surface area contributed by atoms with Gasteiger partial charge in [0.2, 0.25) is 5.91 Å². The van der Waals surface area contributed by atoms with E-state index in [0.29, 0.717) is 17.3 Å². The number of hydrogen-bond acceptors (Lipinski definition) is 4. The summed E-state index contributed by atoms with van der Waals surface area (Å²) in [6.45, 7) is 1.75. The van der Waals surface area contributed by atoms with Crippen LogP contribution < -0.4 is 16.4 Å². The number of anilines is 1. The molecule has 0 spiro atoms. The predicted octanol–water partition coefficient (Wildman–Crippen LogP) is -0.0194. The number of nitrogen functional groups attached to an aromatic ring is 1. The molecule has 1 aromatic rings. The summed E-state index contributed by atoms with van der Waals surface area (Å²) in [6, 6.07) is 1.92. The molecule has 18 heavy (non-hydrogen) atoms. The van der Waals surface area contributed by atoms with E-state index in [1.165, 1.54) is 6.20 Å². The summed E-state index contributed by atoms with van der Waals surface area (Å²) < 4.78 is 0. The zero-order chi connectivity index (χ0) is 13.1. The van der Waals surface area contributed by atoms with E-state index in [9.17, 15) is 9.59 Å². The monoisotopic (exact) mass is 248 g/mol. The van der Waals surface area contributed by atoms with Crippen molar-refractivity contribution in [2.24, 2.45) is 0 Å². The number of nitrogens with one attached hydrogen (secondary N) is 2. The number of nitrogens with zero attached hydrogens (tertiary/aromatic N) is 1. The molecule has 0 unspecified atom stereocenters. The largest absolute Gasteiger partial charge is 0.398 e. The van der Waals surface area contributed by atoms with Gasteiger partial charge >= 0.3 is 0 Å². The molecule has 0 saturated heterocycles. The number of aryl methyl sites for hydroxylation is 1. The standard InChI is InChI=1S/C12H16N4O2/c1-7-4-10(13)9(5-14-7)12(18)15-6-11(17)16-8-2-3-8/h4-5,8H,2-3,6H2,1H3,(H2,13,14)(H,15,18)(H,16,17). The molecule has 1 aromatic heterocycles. The normalized spacial score (nSPS) is 14.1. The first-order valence-electron chi connectivity index (χ1n) is 5.86. The number of carbonyl (C=O) groups excluding carboxylic acids is 2. The van der Waals surface area contributed by atoms with E-state index in [1.54, 1.807) is 13.0 Å². The first-order chi connectivity index (χ1) is 8.56. The Morgan fingerprint density at radius 3 is 2.83 bits per heavy atom. The summed E-state index contributed by atoms with van der Waals surface area (Å²) in [4.78, 5) is 27.2. The van der Waals surface area contributed by atoms with Gasteiger partial charge in [0.1, 0.15) is 0 Å². The van der Waals surface area contributed by atoms with Crippen LogP contribution in [0.1, 0.15) is 28.9 Å². The highest BCUT2D eigenvalue weighted by molar-refractivity contribution is 6.00. The minimum absolute atomic E-state index is 0.0390. The molecule has 6 heteroatoms. The summed E-state index contributed by atoms with van der Waals surface area (Å²) >= 11 is 0. The van der Waals surface area contributed by atoms with E-state index in [2.05, 4.69) is 15.6 Å². The molecule has 1 saturated carbocycles. The average molecular weight is 248 g/mol. The van der Waals surface area contributed by atoms with Crippen LogP contribution >= 0.6 is 0 Å². The van der Waals surface area contributed by atoms with Crippen molar-refractivity contribution in [1.29, 1.82) is 0 Å². The van der Waals surface area contributed by atoms with E-state index < -0.39 is 0 Å². The summed E-state index contributed by atoms with van der Waals surface area (Å²) in [7, 11) is 0. The maximum absolute atomic E-state index is 11.8. The zero-order valence-electron chi connectivity index (χ0n) is 10.2. The molecule has 1 fully saturated rings. The summed E-state index contributed by atoms with van der Waals surface area (Å²) in [5.74, 6) is -0.560. The van der Waals surface area contributed by atoms with Crippen molar-refractivity contribution in [1.82, 2.24) is 15.6 Å². The van der Waals surface area contributed by atoms with Crippen molar-refractivity contribution < 1.29 is 9.59 Å². The van der Waals surface area contributed by atoms with Crippen LogP contribution in [0.2, 0.25) is 0 Å². The lowest BCUT2D eigenvalue weighted by Gasteiger charge is -2.08. The van der Waals surface area contributed by atoms with Gasteiger partial charge in [-0.25, -0.2) is 0 Å². The maximum Gasteiger partial charge on any atom is 0.255 e. The Kier molecular flexibility index (Phi) is 3.45. The second kappa shape index (κ2) is 5.03. The van der Waals surface area contributed by atoms with E-state index >= 15 is 0 Å². The van der Waals surface area contributed by atoms with Crippen molar-refractivity contribution in [2.45, 2.75) is 25.8 Å². The fourth-order valence-corrected chi connectivity index (χ4v) is 1.53. The van der Waals surface area contributed by atoms with Crippen molar-refractivity contribution in [3.8, 4) is 0 Å². The molecule has 96 valence electrons. The third kappa shape index (κ3) is 3.19. The first kappa shape index (κ1) is 12.3. The van der Waals surface area contributed by atoms with E-state index in [1.807, 2.05) is 0 Å². The van der Waals surface area contributed by atoms with Crippen LogP contribution in [0.3, 0.4) is 0 Å². The molecule has 0 atom stereocenters. The lowest BCUT2D eigenvalue weighted by atomic mass is 10.2. The second-order valence-corrected chi connectivity index (χ2v) is 4.44. The molecule has 2 rings (SSSR count). The van der Waals surface area contributed by atoms with Crippen LogP contribution in [0.4, 0.5) is 5.69 Å². The molecule has 1 aliphatic rings. The molecule has 0 bridgehead atoms.